The number of rotatable bonds is 3. The number of urea groups is 1. The van der Waals surface area contributed by atoms with Crippen molar-refractivity contribution in [1.29, 1.82) is 0 Å². The number of aryl methyl sites for hydroxylation is 2. The van der Waals surface area contributed by atoms with E-state index < -0.39 is 6.10 Å². The Morgan fingerprint density at radius 3 is 2.75 bits per heavy atom. The van der Waals surface area contributed by atoms with Crippen LogP contribution in [0.1, 0.15) is 47.1 Å². The first-order valence-corrected chi connectivity index (χ1v) is 10.4. The number of aliphatic hydroxyl groups excluding tert-OH is 1. The van der Waals surface area contributed by atoms with Crippen LogP contribution in [0.4, 0.5) is 9.93 Å². The number of carbonyl (C=O) groups excluding carboxylic acids is 1. The van der Waals surface area contributed by atoms with E-state index in [0.717, 1.165) is 30.5 Å². The Morgan fingerprint density at radius 1 is 1.21 bits per heavy atom. The van der Waals surface area contributed by atoms with Crippen LogP contribution in [0.15, 0.2) is 12.1 Å². The van der Waals surface area contributed by atoms with E-state index in [-0.39, 0.29) is 12.6 Å². The number of ether oxygens (including phenoxy) is 2. The molecule has 0 saturated heterocycles. The number of carbonyl (C=O) groups is 1. The second-order valence-corrected chi connectivity index (χ2v) is 8.22. The van der Waals surface area contributed by atoms with Gasteiger partial charge >= 0.3 is 6.03 Å². The summed E-state index contributed by atoms with van der Waals surface area (Å²) in [7, 11) is 3.15. The molecule has 1 aliphatic heterocycles. The molecule has 2 amide bonds. The molecule has 7 nitrogen and oxygen atoms in total. The molecule has 1 aliphatic carbocycles. The van der Waals surface area contributed by atoms with E-state index in [4.69, 9.17) is 9.47 Å². The fourth-order valence-electron chi connectivity index (χ4n) is 3.98. The molecule has 0 radical (unpaired) electrons. The standard InChI is InChI=1S/C20H25N3O4S/c1-26-15-8-9-16(27-2)18-12(15)10-23(11-14(18)24)20(25)22-19-21-13-6-4-3-5-7-17(13)28-19/h8-9,14,24H,3-7,10-11H2,1-2H3,(H,21,22,25)/t14-/m0/s1. The van der Waals surface area contributed by atoms with Gasteiger partial charge in [0.15, 0.2) is 5.13 Å². The Labute approximate surface area is 168 Å². The zero-order valence-electron chi connectivity index (χ0n) is 16.2. The smallest absolute Gasteiger partial charge is 0.324 e. The number of aliphatic hydroxyl groups is 1. The number of hydrogen-bond donors (Lipinski definition) is 2. The van der Waals surface area contributed by atoms with Crippen molar-refractivity contribution in [3.8, 4) is 11.5 Å². The Hall–Kier alpha value is -2.32. The van der Waals surface area contributed by atoms with E-state index in [1.54, 1.807) is 42.6 Å². The zero-order chi connectivity index (χ0) is 19.7. The SMILES string of the molecule is COc1ccc(OC)c2c1CN(C(=O)Nc1nc3c(s1)CCCCC3)C[C@@H]2O. The number of thiazole rings is 1. The number of aromatic nitrogens is 1. The number of fused-ring (bicyclic) bond motifs is 2. The second kappa shape index (κ2) is 7.97. The topological polar surface area (TPSA) is 83.9 Å². The Balaban J connectivity index is 1.54. The minimum Gasteiger partial charge on any atom is -0.496 e. The van der Waals surface area contributed by atoms with Gasteiger partial charge in [-0.3, -0.25) is 5.32 Å². The lowest BCUT2D eigenvalue weighted by Gasteiger charge is -2.33. The summed E-state index contributed by atoms with van der Waals surface area (Å²) in [4.78, 5) is 20.3. The van der Waals surface area contributed by atoms with Gasteiger partial charge in [0.1, 0.15) is 17.6 Å². The average molecular weight is 404 g/mol. The molecule has 28 heavy (non-hydrogen) atoms. The van der Waals surface area contributed by atoms with Crippen molar-refractivity contribution in [2.45, 2.75) is 44.8 Å². The van der Waals surface area contributed by atoms with Gasteiger partial charge in [-0.25, -0.2) is 9.78 Å². The first-order chi connectivity index (χ1) is 13.6. The van der Waals surface area contributed by atoms with Crippen LogP contribution in [0.25, 0.3) is 0 Å². The lowest BCUT2D eigenvalue weighted by Crippen LogP contribution is -2.41. The molecule has 0 bridgehead atoms. The van der Waals surface area contributed by atoms with Crippen molar-refractivity contribution < 1.29 is 19.4 Å². The summed E-state index contributed by atoms with van der Waals surface area (Å²) in [5.74, 6) is 1.24. The molecule has 1 aromatic heterocycles. The fraction of sp³-hybridized carbons (Fsp3) is 0.500. The predicted octanol–water partition coefficient (Wildman–Crippen LogP) is 3.51. The third kappa shape index (κ3) is 3.54. The molecule has 4 rings (SSSR count). The van der Waals surface area contributed by atoms with Gasteiger partial charge in [-0.15, -0.1) is 11.3 Å². The molecule has 2 aromatic rings. The highest BCUT2D eigenvalue weighted by Gasteiger charge is 2.32. The molecule has 2 aliphatic rings. The number of hydrogen-bond acceptors (Lipinski definition) is 6. The van der Waals surface area contributed by atoms with E-state index in [9.17, 15) is 9.90 Å². The van der Waals surface area contributed by atoms with Crippen molar-refractivity contribution in [2.75, 3.05) is 26.1 Å². The van der Waals surface area contributed by atoms with E-state index in [0.29, 0.717) is 28.7 Å². The van der Waals surface area contributed by atoms with Crippen LogP contribution >= 0.6 is 11.3 Å². The first kappa shape index (κ1) is 19.0. The molecule has 1 atom stereocenters. The van der Waals surface area contributed by atoms with E-state index >= 15 is 0 Å². The van der Waals surface area contributed by atoms with Crippen LogP contribution in [0.3, 0.4) is 0 Å². The van der Waals surface area contributed by atoms with Gasteiger partial charge in [0.2, 0.25) is 0 Å². The minimum absolute atomic E-state index is 0.188. The predicted molar refractivity (Wildman–Crippen MR) is 107 cm³/mol. The molecule has 0 fully saturated rings. The number of nitrogens with one attached hydrogen (secondary N) is 1. The summed E-state index contributed by atoms with van der Waals surface area (Å²) in [5.41, 5.74) is 2.57. The van der Waals surface area contributed by atoms with Crippen LogP contribution in [0.2, 0.25) is 0 Å². The van der Waals surface area contributed by atoms with Crippen molar-refractivity contribution in [3.05, 3.63) is 33.8 Å². The van der Waals surface area contributed by atoms with Crippen LogP contribution in [-0.4, -0.2) is 41.8 Å². The van der Waals surface area contributed by atoms with Crippen molar-refractivity contribution in [3.63, 3.8) is 0 Å². The van der Waals surface area contributed by atoms with E-state index in [1.165, 1.54) is 17.7 Å². The number of anilines is 1. The summed E-state index contributed by atoms with van der Waals surface area (Å²) >= 11 is 1.56. The van der Waals surface area contributed by atoms with Gasteiger partial charge in [-0.1, -0.05) is 6.42 Å². The summed E-state index contributed by atoms with van der Waals surface area (Å²) in [6.07, 6.45) is 4.75. The Morgan fingerprint density at radius 2 is 1.96 bits per heavy atom. The number of amides is 2. The molecule has 2 heterocycles. The number of benzene rings is 1. The van der Waals surface area contributed by atoms with Crippen LogP contribution in [0, 0.1) is 0 Å². The Bertz CT molecular complexity index is 859. The number of nitrogens with zero attached hydrogens (tertiary/aromatic N) is 2. The summed E-state index contributed by atoms with van der Waals surface area (Å²) in [6.45, 7) is 0.525. The van der Waals surface area contributed by atoms with Crippen LogP contribution < -0.4 is 14.8 Å². The van der Waals surface area contributed by atoms with Crippen LogP contribution in [-0.2, 0) is 19.4 Å². The molecular weight excluding hydrogens is 378 g/mol. The van der Waals surface area contributed by atoms with Gasteiger partial charge in [0, 0.05) is 16.0 Å². The molecule has 2 N–H and O–H groups in total. The summed E-state index contributed by atoms with van der Waals surface area (Å²) in [6, 6.07) is 3.31. The highest BCUT2D eigenvalue weighted by Crippen LogP contribution is 2.39. The monoisotopic (exact) mass is 403 g/mol. The quantitative estimate of drug-likeness (QED) is 0.766. The lowest BCUT2D eigenvalue weighted by atomic mass is 9.95. The largest absolute Gasteiger partial charge is 0.496 e. The van der Waals surface area contributed by atoms with Gasteiger partial charge in [0.05, 0.1) is 33.0 Å². The molecule has 1 aromatic carbocycles. The fourth-order valence-corrected chi connectivity index (χ4v) is 5.02. The molecular formula is C20H25N3O4S. The first-order valence-electron chi connectivity index (χ1n) is 9.57. The maximum atomic E-state index is 12.9. The minimum atomic E-state index is -0.840. The van der Waals surface area contributed by atoms with Crippen molar-refractivity contribution in [1.82, 2.24) is 9.88 Å². The number of methoxy groups -OCH3 is 2. The van der Waals surface area contributed by atoms with Crippen molar-refractivity contribution >= 4 is 22.5 Å². The summed E-state index contributed by atoms with van der Waals surface area (Å²) in [5, 5.41) is 14.2. The zero-order valence-corrected chi connectivity index (χ0v) is 17.0. The van der Waals surface area contributed by atoms with E-state index in [2.05, 4.69) is 10.3 Å². The van der Waals surface area contributed by atoms with Crippen molar-refractivity contribution in [2.24, 2.45) is 0 Å². The van der Waals surface area contributed by atoms with Crippen LogP contribution in [0.5, 0.6) is 11.5 Å². The Kier molecular flexibility index (Phi) is 5.41. The molecule has 150 valence electrons. The summed E-state index contributed by atoms with van der Waals surface area (Å²) < 4.78 is 10.8. The van der Waals surface area contributed by atoms with Gasteiger partial charge in [-0.2, -0.15) is 0 Å². The molecule has 0 spiro atoms. The maximum Gasteiger partial charge on any atom is 0.324 e. The molecule has 0 unspecified atom stereocenters. The normalized spacial score (nSPS) is 18.7. The average Bonchev–Trinajstić information content (AvgIpc) is 2.94. The highest BCUT2D eigenvalue weighted by molar-refractivity contribution is 7.15. The van der Waals surface area contributed by atoms with Gasteiger partial charge < -0.3 is 19.5 Å². The lowest BCUT2D eigenvalue weighted by molar-refractivity contribution is 0.105. The third-order valence-corrected chi connectivity index (χ3v) is 6.46. The molecule has 8 heteroatoms. The highest BCUT2D eigenvalue weighted by atomic mass is 32.1. The van der Waals surface area contributed by atoms with Gasteiger partial charge in [-0.05, 0) is 37.8 Å². The van der Waals surface area contributed by atoms with E-state index in [1.807, 2.05) is 0 Å². The van der Waals surface area contributed by atoms with Gasteiger partial charge in [0.25, 0.3) is 0 Å². The molecule has 0 saturated carbocycles. The number of β-amino-alcohol motifs (C(OH)–C–C–N with tert-alkyl or cyclic N) is 1. The third-order valence-electron chi connectivity index (χ3n) is 5.39. The second-order valence-electron chi connectivity index (χ2n) is 7.14. The maximum absolute atomic E-state index is 12.9.